The van der Waals surface area contributed by atoms with Crippen molar-refractivity contribution in [3.63, 3.8) is 0 Å². The summed E-state index contributed by atoms with van der Waals surface area (Å²) in [5, 5.41) is 4.43. The molecule has 2 heterocycles. The van der Waals surface area contributed by atoms with E-state index in [0.717, 1.165) is 32.0 Å². The molecular weight excluding hydrogens is 190 g/mol. The van der Waals surface area contributed by atoms with Gasteiger partial charge in [0.2, 0.25) is 11.9 Å². The van der Waals surface area contributed by atoms with Gasteiger partial charge in [0.1, 0.15) is 0 Å². The topological polar surface area (TPSA) is 60.0 Å². The predicted octanol–water partition coefficient (Wildman–Crippen LogP) is 1.26. The quantitative estimate of drug-likeness (QED) is 0.814. The van der Waals surface area contributed by atoms with E-state index in [4.69, 9.17) is 5.73 Å². The zero-order valence-corrected chi connectivity index (χ0v) is 9.32. The Balaban J connectivity index is 2.10. The third kappa shape index (κ3) is 2.22. The lowest BCUT2D eigenvalue weighted by Crippen LogP contribution is -2.30. The van der Waals surface area contributed by atoms with Crippen LogP contribution in [0.15, 0.2) is 0 Å². The molecule has 0 spiro atoms. The first-order valence-electron chi connectivity index (χ1n) is 5.76. The highest BCUT2D eigenvalue weighted by Crippen LogP contribution is 2.17. The lowest BCUT2D eigenvalue weighted by molar-refractivity contribution is 0.558. The van der Waals surface area contributed by atoms with Gasteiger partial charge in [0.05, 0.1) is 0 Å². The Morgan fingerprint density at radius 2 is 2.00 bits per heavy atom. The SMILES string of the molecule is CCCn1nc(N2CCCCC2)nc1N. The number of nitrogens with zero attached hydrogens (tertiary/aromatic N) is 4. The van der Waals surface area contributed by atoms with Crippen molar-refractivity contribution in [2.24, 2.45) is 0 Å². The second-order valence-electron chi connectivity index (χ2n) is 4.04. The number of anilines is 2. The van der Waals surface area contributed by atoms with Crippen LogP contribution in [0.1, 0.15) is 32.6 Å². The van der Waals surface area contributed by atoms with Crippen LogP contribution in [0.25, 0.3) is 0 Å². The molecule has 0 atom stereocenters. The molecule has 0 bridgehead atoms. The summed E-state index contributed by atoms with van der Waals surface area (Å²) < 4.78 is 1.80. The molecule has 0 unspecified atom stereocenters. The van der Waals surface area contributed by atoms with Crippen molar-refractivity contribution in [2.75, 3.05) is 23.7 Å². The average Bonchev–Trinajstić information content (AvgIpc) is 2.63. The monoisotopic (exact) mass is 209 g/mol. The molecule has 0 aliphatic carbocycles. The molecule has 1 saturated heterocycles. The summed E-state index contributed by atoms with van der Waals surface area (Å²) in [5.41, 5.74) is 5.80. The van der Waals surface area contributed by atoms with E-state index >= 15 is 0 Å². The van der Waals surface area contributed by atoms with Crippen LogP contribution in [-0.4, -0.2) is 27.9 Å². The third-order valence-corrected chi connectivity index (χ3v) is 2.76. The fraction of sp³-hybridized carbons (Fsp3) is 0.800. The van der Waals surface area contributed by atoms with Gasteiger partial charge in [-0.3, -0.25) is 0 Å². The van der Waals surface area contributed by atoms with Crippen LogP contribution >= 0.6 is 0 Å². The van der Waals surface area contributed by atoms with E-state index in [9.17, 15) is 0 Å². The van der Waals surface area contributed by atoms with E-state index < -0.39 is 0 Å². The number of nitrogens with two attached hydrogens (primary N) is 1. The zero-order chi connectivity index (χ0) is 10.7. The van der Waals surface area contributed by atoms with Crippen LogP contribution in [-0.2, 0) is 6.54 Å². The predicted molar refractivity (Wildman–Crippen MR) is 60.8 cm³/mol. The molecule has 0 radical (unpaired) electrons. The molecule has 0 saturated carbocycles. The summed E-state index contributed by atoms with van der Waals surface area (Å²) in [6.07, 6.45) is 4.83. The highest BCUT2D eigenvalue weighted by molar-refractivity contribution is 5.35. The van der Waals surface area contributed by atoms with Gasteiger partial charge >= 0.3 is 0 Å². The summed E-state index contributed by atoms with van der Waals surface area (Å²) in [5.74, 6) is 1.35. The van der Waals surface area contributed by atoms with Gasteiger partial charge in [0, 0.05) is 19.6 Å². The lowest BCUT2D eigenvalue weighted by atomic mass is 10.1. The summed E-state index contributed by atoms with van der Waals surface area (Å²) >= 11 is 0. The summed E-state index contributed by atoms with van der Waals surface area (Å²) in [6, 6.07) is 0. The van der Waals surface area contributed by atoms with Crippen molar-refractivity contribution in [1.29, 1.82) is 0 Å². The smallest absolute Gasteiger partial charge is 0.246 e. The van der Waals surface area contributed by atoms with E-state index in [2.05, 4.69) is 21.9 Å². The fourth-order valence-electron chi connectivity index (χ4n) is 1.95. The van der Waals surface area contributed by atoms with Gasteiger partial charge in [-0.15, -0.1) is 5.10 Å². The second-order valence-corrected chi connectivity index (χ2v) is 4.04. The Kier molecular flexibility index (Phi) is 3.08. The van der Waals surface area contributed by atoms with E-state index in [1.54, 1.807) is 4.68 Å². The maximum atomic E-state index is 5.80. The molecule has 5 heteroatoms. The van der Waals surface area contributed by atoms with Crippen molar-refractivity contribution in [3.05, 3.63) is 0 Å². The summed E-state index contributed by atoms with van der Waals surface area (Å²) in [4.78, 5) is 6.54. The maximum absolute atomic E-state index is 5.80. The molecule has 1 aliphatic heterocycles. The number of rotatable bonds is 3. The molecule has 1 fully saturated rings. The molecule has 2 N–H and O–H groups in total. The molecule has 1 aromatic rings. The van der Waals surface area contributed by atoms with Crippen molar-refractivity contribution >= 4 is 11.9 Å². The maximum Gasteiger partial charge on any atom is 0.246 e. The number of nitrogen functional groups attached to an aromatic ring is 1. The standard InChI is InChI=1S/C10H19N5/c1-2-6-15-9(11)12-10(13-15)14-7-4-3-5-8-14/h2-8H2,1H3,(H2,11,12,13). The second kappa shape index (κ2) is 4.51. The highest BCUT2D eigenvalue weighted by atomic mass is 15.4. The minimum Gasteiger partial charge on any atom is -0.368 e. The van der Waals surface area contributed by atoms with Gasteiger partial charge in [-0.05, 0) is 25.7 Å². The first-order chi connectivity index (χ1) is 7.31. The van der Waals surface area contributed by atoms with Crippen LogP contribution in [0.5, 0.6) is 0 Å². The molecule has 84 valence electrons. The Labute approximate surface area is 90.3 Å². The molecule has 5 nitrogen and oxygen atoms in total. The van der Waals surface area contributed by atoms with Crippen LogP contribution in [0.3, 0.4) is 0 Å². The first-order valence-corrected chi connectivity index (χ1v) is 5.76. The molecule has 0 aromatic carbocycles. The highest BCUT2D eigenvalue weighted by Gasteiger charge is 2.16. The van der Waals surface area contributed by atoms with Crippen LogP contribution in [0, 0.1) is 0 Å². The average molecular weight is 209 g/mol. The Bertz CT molecular complexity index is 314. The van der Waals surface area contributed by atoms with Gasteiger partial charge in [0.25, 0.3) is 0 Å². The number of aryl methyl sites for hydroxylation is 1. The number of hydrogen-bond acceptors (Lipinski definition) is 4. The Hall–Kier alpha value is -1.26. The van der Waals surface area contributed by atoms with Crippen LogP contribution < -0.4 is 10.6 Å². The van der Waals surface area contributed by atoms with Gasteiger partial charge in [-0.2, -0.15) is 4.98 Å². The fourth-order valence-corrected chi connectivity index (χ4v) is 1.95. The minimum atomic E-state index is 0.539. The van der Waals surface area contributed by atoms with Gasteiger partial charge < -0.3 is 10.6 Å². The Morgan fingerprint density at radius 3 is 2.67 bits per heavy atom. The van der Waals surface area contributed by atoms with Crippen molar-refractivity contribution in [1.82, 2.24) is 14.8 Å². The first kappa shape index (κ1) is 10.3. The van der Waals surface area contributed by atoms with E-state index in [1.807, 2.05) is 0 Å². The Morgan fingerprint density at radius 1 is 1.27 bits per heavy atom. The summed E-state index contributed by atoms with van der Waals surface area (Å²) in [6.45, 7) is 5.10. The van der Waals surface area contributed by atoms with Crippen molar-refractivity contribution in [2.45, 2.75) is 39.2 Å². The molecule has 15 heavy (non-hydrogen) atoms. The molecular formula is C10H19N5. The lowest BCUT2D eigenvalue weighted by Gasteiger charge is -2.24. The van der Waals surface area contributed by atoms with Crippen LogP contribution in [0.2, 0.25) is 0 Å². The third-order valence-electron chi connectivity index (χ3n) is 2.76. The normalized spacial score (nSPS) is 17.0. The molecule has 1 aromatic heterocycles. The minimum absolute atomic E-state index is 0.539. The van der Waals surface area contributed by atoms with Crippen LogP contribution in [0.4, 0.5) is 11.9 Å². The zero-order valence-electron chi connectivity index (χ0n) is 9.32. The summed E-state index contributed by atoms with van der Waals surface area (Å²) in [7, 11) is 0. The van der Waals surface area contributed by atoms with Gasteiger partial charge in [-0.25, -0.2) is 4.68 Å². The van der Waals surface area contributed by atoms with Crippen molar-refractivity contribution < 1.29 is 0 Å². The number of hydrogen-bond donors (Lipinski definition) is 1. The molecule has 2 rings (SSSR count). The van der Waals surface area contributed by atoms with E-state index in [1.165, 1.54) is 19.3 Å². The van der Waals surface area contributed by atoms with E-state index in [0.29, 0.717) is 5.95 Å². The largest absolute Gasteiger partial charge is 0.368 e. The van der Waals surface area contributed by atoms with Gasteiger partial charge in [0.15, 0.2) is 0 Å². The van der Waals surface area contributed by atoms with Crippen molar-refractivity contribution in [3.8, 4) is 0 Å². The molecule has 0 amide bonds. The molecule has 1 aliphatic rings. The number of piperidine rings is 1. The van der Waals surface area contributed by atoms with Gasteiger partial charge in [-0.1, -0.05) is 6.92 Å². The van der Waals surface area contributed by atoms with E-state index in [-0.39, 0.29) is 0 Å². The number of aromatic nitrogens is 3.